The smallest absolute Gasteiger partial charge is 0.263 e. The molecule has 0 fully saturated rings. The number of ether oxygens (including phenoxy) is 1. The van der Waals surface area contributed by atoms with Gasteiger partial charge in [-0.3, -0.25) is 4.79 Å². The normalized spacial score (nSPS) is 16.4. The Kier molecular flexibility index (Phi) is 4.74. The average molecular weight is 472 g/mol. The van der Waals surface area contributed by atoms with Crippen LogP contribution >= 0.6 is 11.3 Å². The van der Waals surface area contributed by atoms with Crippen molar-refractivity contribution in [3.05, 3.63) is 71.0 Å². The van der Waals surface area contributed by atoms with E-state index in [4.69, 9.17) is 9.72 Å². The maximum absolute atomic E-state index is 12.6. The molecule has 34 heavy (non-hydrogen) atoms. The number of nitrogens with one attached hydrogen (secondary N) is 1. The molecule has 2 aliphatic heterocycles. The SMILES string of the molecule is Cc1c(-c2ccc3c(c2)N(c2nc4c(s2)C(=O)NC(C)(C)C4)CCO3)cnn1-c1ccccc1. The molecule has 0 spiro atoms. The van der Waals surface area contributed by atoms with E-state index in [0.717, 1.165) is 51.2 Å². The van der Waals surface area contributed by atoms with Gasteiger partial charge in [0.1, 0.15) is 17.2 Å². The number of anilines is 2. The van der Waals surface area contributed by atoms with Crippen LogP contribution in [0.5, 0.6) is 5.75 Å². The van der Waals surface area contributed by atoms with E-state index in [1.54, 1.807) is 0 Å². The Morgan fingerprint density at radius 3 is 2.79 bits per heavy atom. The van der Waals surface area contributed by atoms with Crippen LogP contribution in [-0.4, -0.2) is 39.4 Å². The summed E-state index contributed by atoms with van der Waals surface area (Å²) in [6.07, 6.45) is 2.63. The molecular weight excluding hydrogens is 446 g/mol. The summed E-state index contributed by atoms with van der Waals surface area (Å²) in [4.78, 5) is 20.4. The van der Waals surface area contributed by atoms with Gasteiger partial charge in [0.05, 0.1) is 29.8 Å². The summed E-state index contributed by atoms with van der Waals surface area (Å²) in [5.41, 5.74) is 5.77. The molecule has 2 aromatic heterocycles. The number of hydrogen-bond donors (Lipinski definition) is 1. The number of hydrogen-bond acceptors (Lipinski definition) is 6. The maximum atomic E-state index is 12.6. The van der Waals surface area contributed by atoms with Gasteiger partial charge in [0, 0.05) is 23.2 Å². The third-order valence-electron chi connectivity index (χ3n) is 6.33. The Hall–Kier alpha value is -3.65. The summed E-state index contributed by atoms with van der Waals surface area (Å²) in [6.45, 7) is 7.38. The second-order valence-electron chi connectivity index (χ2n) is 9.36. The van der Waals surface area contributed by atoms with Crippen molar-refractivity contribution in [1.82, 2.24) is 20.1 Å². The van der Waals surface area contributed by atoms with Crippen LogP contribution in [0.1, 0.15) is 34.9 Å². The van der Waals surface area contributed by atoms with E-state index in [9.17, 15) is 4.79 Å². The molecule has 0 radical (unpaired) electrons. The van der Waals surface area contributed by atoms with Crippen LogP contribution in [0.25, 0.3) is 16.8 Å². The second kappa shape index (κ2) is 7.70. The zero-order valence-electron chi connectivity index (χ0n) is 19.3. The molecule has 0 atom stereocenters. The summed E-state index contributed by atoms with van der Waals surface area (Å²) in [5.74, 6) is 0.780. The van der Waals surface area contributed by atoms with Crippen LogP contribution in [0.2, 0.25) is 0 Å². The van der Waals surface area contributed by atoms with Gasteiger partial charge in [0.2, 0.25) is 0 Å². The van der Waals surface area contributed by atoms with Gasteiger partial charge >= 0.3 is 0 Å². The van der Waals surface area contributed by atoms with Crippen LogP contribution in [0, 0.1) is 6.92 Å². The van der Waals surface area contributed by atoms with Gasteiger partial charge in [0.25, 0.3) is 5.91 Å². The number of rotatable bonds is 3. The van der Waals surface area contributed by atoms with Gasteiger partial charge in [-0.15, -0.1) is 0 Å². The molecule has 0 bridgehead atoms. The lowest BCUT2D eigenvalue weighted by atomic mass is 9.94. The van der Waals surface area contributed by atoms with E-state index >= 15 is 0 Å². The summed E-state index contributed by atoms with van der Waals surface area (Å²) < 4.78 is 7.92. The average Bonchev–Trinajstić information content (AvgIpc) is 3.42. The zero-order chi connectivity index (χ0) is 23.4. The molecule has 172 valence electrons. The van der Waals surface area contributed by atoms with E-state index in [0.29, 0.717) is 18.0 Å². The van der Waals surface area contributed by atoms with Crippen molar-refractivity contribution in [3.8, 4) is 22.6 Å². The van der Waals surface area contributed by atoms with Crippen molar-refractivity contribution in [2.45, 2.75) is 32.7 Å². The number of fused-ring (bicyclic) bond motifs is 2. The van der Waals surface area contributed by atoms with Crippen LogP contribution in [0.15, 0.2) is 54.7 Å². The molecule has 0 saturated carbocycles. The van der Waals surface area contributed by atoms with Crippen LogP contribution in [0.4, 0.5) is 10.8 Å². The highest BCUT2D eigenvalue weighted by atomic mass is 32.1. The highest BCUT2D eigenvalue weighted by Crippen LogP contribution is 2.42. The van der Waals surface area contributed by atoms with Gasteiger partial charge in [0.15, 0.2) is 5.13 Å². The number of thiazole rings is 1. The molecule has 7 nitrogen and oxygen atoms in total. The van der Waals surface area contributed by atoms with Crippen molar-refractivity contribution in [2.75, 3.05) is 18.1 Å². The molecule has 1 N–H and O–H groups in total. The van der Waals surface area contributed by atoms with Crippen LogP contribution in [-0.2, 0) is 6.42 Å². The molecule has 2 aliphatic rings. The fraction of sp³-hybridized carbons (Fsp3) is 0.269. The zero-order valence-corrected chi connectivity index (χ0v) is 20.1. The highest BCUT2D eigenvalue weighted by molar-refractivity contribution is 7.17. The van der Waals surface area contributed by atoms with E-state index in [-0.39, 0.29) is 11.4 Å². The first-order valence-corrected chi connectivity index (χ1v) is 12.2. The molecule has 0 unspecified atom stereocenters. The van der Waals surface area contributed by atoms with Gasteiger partial charge in [-0.2, -0.15) is 5.10 Å². The Morgan fingerprint density at radius 1 is 1.15 bits per heavy atom. The van der Waals surface area contributed by atoms with Crippen LogP contribution in [0.3, 0.4) is 0 Å². The Morgan fingerprint density at radius 2 is 1.97 bits per heavy atom. The molecule has 1 amide bonds. The quantitative estimate of drug-likeness (QED) is 0.460. The van der Waals surface area contributed by atoms with Crippen molar-refractivity contribution in [2.24, 2.45) is 0 Å². The Bertz CT molecular complexity index is 1410. The predicted octanol–water partition coefficient (Wildman–Crippen LogP) is 4.90. The third-order valence-corrected chi connectivity index (χ3v) is 7.45. The molecule has 2 aromatic carbocycles. The number of nitrogens with zero attached hydrogens (tertiary/aromatic N) is 4. The molecule has 4 aromatic rings. The minimum atomic E-state index is -0.290. The summed E-state index contributed by atoms with van der Waals surface area (Å²) in [6, 6.07) is 16.4. The molecule has 0 saturated heterocycles. The number of amides is 1. The Balaban J connectivity index is 1.39. The molecule has 0 aliphatic carbocycles. The van der Waals surface area contributed by atoms with Crippen molar-refractivity contribution < 1.29 is 9.53 Å². The first-order chi connectivity index (χ1) is 16.4. The van der Waals surface area contributed by atoms with E-state index in [2.05, 4.69) is 34.4 Å². The van der Waals surface area contributed by atoms with Gasteiger partial charge in [-0.1, -0.05) is 35.6 Å². The molecule has 4 heterocycles. The summed E-state index contributed by atoms with van der Waals surface area (Å²) in [5, 5.41) is 8.54. The number of carbonyl (C=O) groups is 1. The first-order valence-electron chi connectivity index (χ1n) is 11.4. The fourth-order valence-electron chi connectivity index (χ4n) is 4.69. The number of benzene rings is 2. The second-order valence-corrected chi connectivity index (χ2v) is 10.3. The molecule has 6 rings (SSSR count). The lowest BCUT2D eigenvalue weighted by Gasteiger charge is -2.29. The van der Waals surface area contributed by atoms with E-state index < -0.39 is 0 Å². The lowest BCUT2D eigenvalue weighted by Crippen LogP contribution is -2.48. The lowest BCUT2D eigenvalue weighted by molar-refractivity contribution is 0.0901. The monoisotopic (exact) mass is 471 g/mol. The number of aromatic nitrogens is 3. The van der Waals surface area contributed by atoms with Crippen molar-refractivity contribution in [1.29, 1.82) is 0 Å². The molecular formula is C26H25N5O2S. The maximum Gasteiger partial charge on any atom is 0.263 e. The van der Waals surface area contributed by atoms with Crippen LogP contribution < -0.4 is 15.0 Å². The van der Waals surface area contributed by atoms with Gasteiger partial charge in [-0.25, -0.2) is 9.67 Å². The molecule has 8 heteroatoms. The van der Waals surface area contributed by atoms with E-state index in [1.165, 1.54) is 11.3 Å². The topological polar surface area (TPSA) is 72.3 Å². The minimum Gasteiger partial charge on any atom is -0.490 e. The fourth-order valence-corrected chi connectivity index (χ4v) is 5.70. The predicted molar refractivity (Wildman–Crippen MR) is 134 cm³/mol. The largest absolute Gasteiger partial charge is 0.490 e. The van der Waals surface area contributed by atoms with E-state index in [1.807, 2.05) is 61.1 Å². The Labute approximate surface area is 202 Å². The summed E-state index contributed by atoms with van der Waals surface area (Å²) >= 11 is 1.45. The summed E-state index contributed by atoms with van der Waals surface area (Å²) in [7, 11) is 0. The highest BCUT2D eigenvalue weighted by Gasteiger charge is 2.35. The standard InChI is InChI=1S/C26H25N5O2S/c1-16-19(15-27-31(16)18-7-5-4-6-8-18)17-9-10-22-21(13-17)30(11-12-33-22)25-28-20-14-26(2,3)29-24(32)23(20)34-25/h4-10,13,15H,11-12,14H2,1-3H3,(H,29,32). The van der Waals surface area contributed by atoms with Crippen molar-refractivity contribution >= 4 is 28.1 Å². The number of carbonyl (C=O) groups excluding carboxylic acids is 1. The third kappa shape index (κ3) is 3.45. The van der Waals surface area contributed by atoms with Gasteiger partial charge < -0.3 is 15.0 Å². The van der Waals surface area contributed by atoms with Crippen molar-refractivity contribution in [3.63, 3.8) is 0 Å². The van der Waals surface area contributed by atoms with Gasteiger partial charge in [-0.05, 0) is 50.6 Å². The minimum absolute atomic E-state index is 0.0406. The number of para-hydroxylation sites is 1. The first kappa shape index (κ1) is 20.9.